The van der Waals surface area contributed by atoms with Crippen LogP contribution in [0.25, 0.3) is 10.9 Å². The van der Waals surface area contributed by atoms with Crippen molar-refractivity contribution >= 4 is 22.8 Å². The van der Waals surface area contributed by atoms with Gasteiger partial charge in [0.2, 0.25) is 5.91 Å². The van der Waals surface area contributed by atoms with Gasteiger partial charge in [-0.1, -0.05) is 12.1 Å². The fourth-order valence-electron chi connectivity index (χ4n) is 2.65. The molecule has 3 rings (SSSR count). The number of hydrogen-bond acceptors (Lipinski definition) is 4. The van der Waals surface area contributed by atoms with Gasteiger partial charge in [-0.25, -0.2) is 9.78 Å². The van der Waals surface area contributed by atoms with E-state index in [0.29, 0.717) is 10.9 Å². The van der Waals surface area contributed by atoms with Gasteiger partial charge < -0.3 is 10.0 Å². The summed E-state index contributed by atoms with van der Waals surface area (Å²) in [4.78, 5) is 41.6. The van der Waals surface area contributed by atoms with Crippen LogP contribution in [0.5, 0.6) is 0 Å². The Bertz CT molecular complexity index is 825. The normalized spacial score (nSPS) is 15.3. The molecular weight excluding hydrogens is 298 g/mol. The molecule has 1 saturated carbocycles. The Kier molecular flexibility index (Phi) is 3.85. The smallest absolute Gasteiger partial charge is 0.326 e. The molecule has 0 saturated heterocycles. The number of benzene rings is 1. The predicted octanol–water partition coefficient (Wildman–Crippen LogP) is 0.861. The van der Waals surface area contributed by atoms with E-state index >= 15 is 0 Å². The molecule has 0 bridgehead atoms. The Morgan fingerprint density at radius 3 is 2.74 bits per heavy atom. The minimum absolute atomic E-state index is 0.0438. The molecule has 120 valence electrons. The summed E-state index contributed by atoms with van der Waals surface area (Å²) in [7, 11) is 0. The van der Waals surface area contributed by atoms with Crippen LogP contribution in [0.2, 0.25) is 0 Å². The molecule has 0 aliphatic heterocycles. The molecule has 2 aromatic rings. The number of rotatable bonds is 5. The molecule has 1 heterocycles. The van der Waals surface area contributed by atoms with Gasteiger partial charge in [0.15, 0.2) is 0 Å². The van der Waals surface area contributed by atoms with Crippen molar-refractivity contribution in [3.63, 3.8) is 0 Å². The summed E-state index contributed by atoms with van der Waals surface area (Å²) in [6, 6.07) is 5.96. The zero-order chi connectivity index (χ0) is 16.6. The number of amides is 1. The number of hydrogen-bond donors (Lipinski definition) is 1. The molecule has 1 atom stereocenters. The Labute approximate surface area is 132 Å². The van der Waals surface area contributed by atoms with Gasteiger partial charge in [0.05, 0.1) is 17.2 Å². The van der Waals surface area contributed by atoms with Crippen LogP contribution in [0.3, 0.4) is 0 Å². The van der Waals surface area contributed by atoms with Gasteiger partial charge >= 0.3 is 5.97 Å². The molecule has 0 radical (unpaired) electrons. The predicted molar refractivity (Wildman–Crippen MR) is 83.0 cm³/mol. The van der Waals surface area contributed by atoms with Crippen molar-refractivity contribution in [2.45, 2.75) is 38.4 Å². The molecule has 1 aliphatic rings. The second-order valence-corrected chi connectivity index (χ2v) is 5.74. The number of carboxylic acid groups (broad SMARTS) is 1. The topological polar surface area (TPSA) is 92.5 Å². The summed E-state index contributed by atoms with van der Waals surface area (Å²) in [6.45, 7) is 1.28. The third-order valence-electron chi connectivity index (χ3n) is 4.04. The zero-order valence-corrected chi connectivity index (χ0v) is 12.7. The van der Waals surface area contributed by atoms with Crippen molar-refractivity contribution in [2.75, 3.05) is 0 Å². The van der Waals surface area contributed by atoms with Crippen molar-refractivity contribution in [3.8, 4) is 0 Å². The van der Waals surface area contributed by atoms with Gasteiger partial charge in [0.25, 0.3) is 5.56 Å². The van der Waals surface area contributed by atoms with E-state index in [9.17, 15) is 14.4 Å². The highest BCUT2D eigenvalue weighted by Crippen LogP contribution is 2.29. The summed E-state index contributed by atoms with van der Waals surface area (Å²) in [5.74, 6) is -1.42. The first-order chi connectivity index (χ1) is 11.0. The largest absolute Gasteiger partial charge is 0.480 e. The summed E-state index contributed by atoms with van der Waals surface area (Å²) >= 11 is 0. The van der Waals surface area contributed by atoms with Crippen LogP contribution >= 0.6 is 0 Å². The van der Waals surface area contributed by atoms with E-state index in [-0.39, 0.29) is 24.1 Å². The van der Waals surface area contributed by atoms with Crippen LogP contribution in [0.4, 0.5) is 0 Å². The summed E-state index contributed by atoms with van der Waals surface area (Å²) in [6.07, 6.45) is 2.93. The molecular formula is C16H17N3O4. The molecule has 1 aromatic carbocycles. The number of carbonyl (C=O) groups excluding carboxylic acids is 1. The standard InChI is InChI=1S/C16H17N3O4/c1-10(16(22)23)19(11-6-7-11)14(20)8-18-9-17-13-5-3-2-4-12(13)15(18)21/h2-5,9-11H,6-8H2,1H3,(H,22,23). The van der Waals surface area contributed by atoms with E-state index in [1.54, 1.807) is 24.3 Å². The summed E-state index contributed by atoms with van der Waals surface area (Å²) in [5.41, 5.74) is 0.266. The van der Waals surface area contributed by atoms with E-state index in [2.05, 4.69) is 4.98 Å². The van der Waals surface area contributed by atoms with Crippen molar-refractivity contribution in [2.24, 2.45) is 0 Å². The van der Waals surface area contributed by atoms with E-state index in [1.165, 1.54) is 22.7 Å². The number of aromatic nitrogens is 2. The van der Waals surface area contributed by atoms with E-state index < -0.39 is 12.0 Å². The monoisotopic (exact) mass is 315 g/mol. The number of aliphatic carboxylic acids is 1. The third-order valence-corrected chi connectivity index (χ3v) is 4.04. The third kappa shape index (κ3) is 2.94. The molecule has 23 heavy (non-hydrogen) atoms. The highest BCUT2D eigenvalue weighted by molar-refractivity contribution is 5.84. The first kappa shape index (κ1) is 15.2. The molecule has 1 fully saturated rings. The van der Waals surface area contributed by atoms with Gasteiger partial charge in [-0.2, -0.15) is 0 Å². The van der Waals surface area contributed by atoms with Crippen LogP contribution in [-0.2, 0) is 16.1 Å². The van der Waals surface area contributed by atoms with Crippen molar-refractivity contribution in [1.82, 2.24) is 14.5 Å². The first-order valence-electron chi connectivity index (χ1n) is 7.47. The zero-order valence-electron chi connectivity index (χ0n) is 12.7. The fraction of sp³-hybridized carbons (Fsp3) is 0.375. The molecule has 0 spiro atoms. The van der Waals surface area contributed by atoms with Crippen LogP contribution in [0.15, 0.2) is 35.4 Å². The lowest BCUT2D eigenvalue weighted by Gasteiger charge is -2.26. The summed E-state index contributed by atoms with van der Waals surface area (Å²) in [5, 5.41) is 9.60. The van der Waals surface area contributed by atoms with Crippen molar-refractivity contribution < 1.29 is 14.7 Å². The fourth-order valence-corrected chi connectivity index (χ4v) is 2.65. The molecule has 7 nitrogen and oxygen atoms in total. The Morgan fingerprint density at radius 2 is 2.09 bits per heavy atom. The lowest BCUT2D eigenvalue weighted by atomic mass is 10.2. The highest BCUT2D eigenvalue weighted by Gasteiger charge is 2.38. The second-order valence-electron chi connectivity index (χ2n) is 5.74. The maximum Gasteiger partial charge on any atom is 0.326 e. The Morgan fingerprint density at radius 1 is 1.39 bits per heavy atom. The van der Waals surface area contributed by atoms with Crippen LogP contribution in [0.1, 0.15) is 19.8 Å². The Balaban J connectivity index is 1.88. The van der Waals surface area contributed by atoms with Crippen molar-refractivity contribution in [1.29, 1.82) is 0 Å². The minimum Gasteiger partial charge on any atom is -0.480 e. The van der Waals surface area contributed by atoms with E-state index in [0.717, 1.165) is 12.8 Å². The first-order valence-corrected chi connectivity index (χ1v) is 7.47. The Hall–Kier alpha value is -2.70. The average molecular weight is 315 g/mol. The van der Waals surface area contributed by atoms with E-state index in [4.69, 9.17) is 5.11 Å². The number of para-hydroxylation sites is 1. The molecule has 1 N–H and O–H groups in total. The quantitative estimate of drug-likeness (QED) is 0.883. The molecule has 7 heteroatoms. The van der Waals surface area contributed by atoms with Crippen LogP contribution < -0.4 is 5.56 Å². The molecule has 1 unspecified atom stereocenters. The SMILES string of the molecule is CC(C(=O)O)N(C(=O)Cn1cnc2ccccc2c1=O)C1CC1. The van der Waals surface area contributed by atoms with Crippen LogP contribution in [0, 0.1) is 0 Å². The maximum atomic E-state index is 12.5. The van der Waals surface area contributed by atoms with Gasteiger partial charge in [-0.3, -0.25) is 14.2 Å². The van der Waals surface area contributed by atoms with Gasteiger partial charge in [0.1, 0.15) is 12.6 Å². The van der Waals surface area contributed by atoms with Crippen LogP contribution in [-0.4, -0.2) is 43.5 Å². The maximum absolute atomic E-state index is 12.5. The van der Waals surface area contributed by atoms with E-state index in [1.807, 2.05) is 0 Å². The molecule has 1 aromatic heterocycles. The van der Waals surface area contributed by atoms with Gasteiger partial charge in [0, 0.05) is 6.04 Å². The lowest BCUT2D eigenvalue weighted by Crippen LogP contribution is -2.46. The minimum atomic E-state index is -1.05. The van der Waals surface area contributed by atoms with Gasteiger partial charge in [-0.05, 0) is 31.9 Å². The lowest BCUT2D eigenvalue weighted by molar-refractivity contribution is -0.150. The summed E-state index contributed by atoms with van der Waals surface area (Å²) < 4.78 is 1.23. The van der Waals surface area contributed by atoms with Gasteiger partial charge in [-0.15, -0.1) is 0 Å². The average Bonchev–Trinajstić information content (AvgIpc) is 3.35. The number of fused-ring (bicyclic) bond motifs is 1. The molecule has 1 aliphatic carbocycles. The van der Waals surface area contributed by atoms with Crippen molar-refractivity contribution in [3.05, 3.63) is 40.9 Å². The number of carbonyl (C=O) groups is 2. The highest BCUT2D eigenvalue weighted by atomic mass is 16.4. The number of nitrogens with zero attached hydrogens (tertiary/aromatic N) is 3. The molecule has 1 amide bonds. The second kappa shape index (κ2) is 5.83. The number of carboxylic acids is 1.